The van der Waals surface area contributed by atoms with Gasteiger partial charge in [0.15, 0.2) is 11.5 Å². The molecule has 1 amide bonds. The van der Waals surface area contributed by atoms with Gasteiger partial charge in [0.05, 0.1) is 25.7 Å². The highest BCUT2D eigenvalue weighted by atomic mass is 35.5. The molecular weight excluding hydrogens is 539 g/mol. The van der Waals surface area contributed by atoms with Gasteiger partial charge in [-0.25, -0.2) is 4.39 Å². The Kier molecular flexibility index (Phi) is 8.50. The Labute approximate surface area is 246 Å². The van der Waals surface area contributed by atoms with Crippen LogP contribution in [0.3, 0.4) is 0 Å². The number of amides is 1. The van der Waals surface area contributed by atoms with Gasteiger partial charge in [-0.2, -0.15) is 0 Å². The molecule has 0 spiro atoms. The molecule has 0 aliphatic carbocycles. The normalized spacial score (nSPS) is 15.3. The quantitative estimate of drug-likeness (QED) is 0.204. The van der Waals surface area contributed by atoms with Crippen LogP contribution >= 0.6 is 11.6 Å². The summed E-state index contributed by atoms with van der Waals surface area (Å²) in [6.07, 6.45) is 1.09. The van der Waals surface area contributed by atoms with E-state index in [0.29, 0.717) is 28.6 Å². The van der Waals surface area contributed by atoms with E-state index in [9.17, 15) is 9.18 Å². The second-order valence-electron chi connectivity index (χ2n) is 10.4. The molecule has 212 valence electrons. The molecule has 0 radical (unpaired) electrons. The molecule has 0 aromatic heterocycles. The van der Waals surface area contributed by atoms with Crippen molar-refractivity contribution in [3.05, 3.63) is 118 Å². The molecule has 1 heterocycles. The van der Waals surface area contributed by atoms with Crippen LogP contribution in [-0.4, -0.2) is 26.2 Å². The lowest BCUT2D eigenvalue weighted by Crippen LogP contribution is -2.41. The maximum atomic E-state index is 14.2. The number of hydrogen-bond acceptors (Lipinski definition) is 4. The van der Waals surface area contributed by atoms with E-state index < -0.39 is 6.04 Å². The second kappa shape index (κ2) is 12.2. The number of halogens is 2. The van der Waals surface area contributed by atoms with E-state index in [-0.39, 0.29) is 24.2 Å². The summed E-state index contributed by atoms with van der Waals surface area (Å²) in [6, 6.07) is 25.7. The van der Waals surface area contributed by atoms with Gasteiger partial charge >= 0.3 is 0 Å². The van der Waals surface area contributed by atoms with Crippen molar-refractivity contribution in [2.45, 2.75) is 45.4 Å². The first-order valence-electron chi connectivity index (χ1n) is 13.8. The van der Waals surface area contributed by atoms with E-state index in [1.165, 1.54) is 6.07 Å². The smallest absolute Gasteiger partial charge is 0.232 e. The van der Waals surface area contributed by atoms with Gasteiger partial charge in [0.2, 0.25) is 5.91 Å². The Morgan fingerprint density at radius 2 is 1.73 bits per heavy atom. The SMILES string of the molecule is CC[C@@H](C)Oc1cc2c(cc1OC)CC(=O)N(c1ccc(N(C)Cc3ccccc3F)cc1)C2c1ccc(Cl)cc1. The molecule has 0 N–H and O–H groups in total. The van der Waals surface area contributed by atoms with Gasteiger partial charge in [-0.15, -0.1) is 0 Å². The number of fused-ring (bicyclic) bond motifs is 1. The fourth-order valence-corrected chi connectivity index (χ4v) is 5.34. The summed E-state index contributed by atoms with van der Waals surface area (Å²) in [7, 11) is 3.54. The third-order valence-electron chi connectivity index (χ3n) is 7.61. The largest absolute Gasteiger partial charge is 0.493 e. The molecule has 2 atom stereocenters. The first-order chi connectivity index (χ1) is 19.8. The summed E-state index contributed by atoms with van der Waals surface area (Å²) >= 11 is 6.24. The maximum Gasteiger partial charge on any atom is 0.232 e. The molecule has 5 rings (SSSR count). The van der Waals surface area contributed by atoms with E-state index in [2.05, 4.69) is 6.92 Å². The molecule has 0 saturated carbocycles. The summed E-state index contributed by atoms with van der Waals surface area (Å²) < 4.78 is 26.1. The highest BCUT2D eigenvalue weighted by Crippen LogP contribution is 2.44. The van der Waals surface area contributed by atoms with Gasteiger partial charge < -0.3 is 19.3 Å². The van der Waals surface area contributed by atoms with E-state index >= 15 is 0 Å². The zero-order valence-electron chi connectivity index (χ0n) is 23.7. The first-order valence-corrected chi connectivity index (χ1v) is 14.2. The number of carbonyl (C=O) groups is 1. The summed E-state index contributed by atoms with van der Waals surface area (Å²) in [5.41, 5.74) is 5.12. The van der Waals surface area contributed by atoms with Crippen molar-refractivity contribution in [2.75, 3.05) is 24.0 Å². The average molecular weight is 573 g/mol. The van der Waals surface area contributed by atoms with Crippen LogP contribution in [0.15, 0.2) is 84.9 Å². The van der Waals surface area contributed by atoms with Gasteiger partial charge in [0, 0.05) is 35.6 Å². The first kappa shape index (κ1) is 28.5. The van der Waals surface area contributed by atoms with Crippen molar-refractivity contribution in [1.29, 1.82) is 0 Å². The number of methoxy groups -OCH3 is 1. The number of nitrogens with zero attached hydrogens (tertiary/aromatic N) is 2. The van der Waals surface area contributed by atoms with Crippen LogP contribution in [0.4, 0.5) is 15.8 Å². The van der Waals surface area contributed by atoms with Gasteiger partial charge in [0.25, 0.3) is 0 Å². The highest BCUT2D eigenvalue weighted by Gasteiger charge is 2.36. The van der Waals surface area contributed by atoms with Crippen molar-refractivity contribution in [2.24, 2.45) is 0 Å². The number of ether oxygens (including phenoxy) is 2. The number of benzene rings is 4. The minimum atomic E-state index is -0.393. The third kappa shape index (κ3) is 6.03. The number of rotatable bonds is 9. The molecule has 4 aromatic rings. The zero-order valence-corrected chi connectivity index (χ0v) is 24.5. The minimum absolute atomic E-state index is 0.00570. The maximum absolute atomic E-state index is 14.2. The average Bonchev–Trinajstić information content (AvgIpc) is 2.98. The number of carbonyl (C=O) groups excluding carboxylic acids is 1. The molecule has 0 fully saturated rings. The van der Waals surface area contributed by atoms with Gasteiger partial charge in [0.1, 0.15) is 5.82 Å². The molecular formula is C34H34ClFN2O3. The monoisotopic (exact) mass is 572 g/mol. The van der Waals surface area contributed by atoms with E-state index in [1.54, 1.807) is 19.2 Å². The lowest BCUT2D eigenvalue weighted by Gasteiger charge is -2.38. The molecule has 1 aliphatic rings. The molecule has 41 heavy (non-hydrogen) atoms. The van der Waals surface area contributed by atoms with Crippen molar-refractivity contribution in [3.63, 3.8) is 0 Å². The van der Waals surface area contributed by atoms with Crippen LogP contribution in [0.5, 0.6) is 11.5 Å². The summed E-state index contributed by atoms with van der Waals surface area (Å²) in [5, 5.41) is 0.625. The van der Waals surface area contributed by atoms with Crippen molar-refractivity contribution in [1.82, 2.24) is 0 Å². The van der Waals surface area contributed by atoms with Crippen molar-refractivity contribution < 1.29 is 18.7 Å². The molecule has 7 heteroatoms. The minimum Gasteiger partial charge on any atom is -0.493 e. The molecule has 4 aromatic carbocycles. The van der Waals surface area contributed by atoms with Crippen LogP contribution in [0.2, 0.25) is 5.02 Å². The molecule has 5 nitrogen and oxygen atoms in total. The van der Waals surface area contributed by atoms with Crippen LogP contribution < -0.4 is 19.3 Å². The van der Waals surface area contributed by atoms with Crippen molar-refractivity contribution in [3.8, 4) is 11.5 Å². The lowest BCUT2D eigenvalue weighted by atomic mass is 9.86. The predicted octanol–water partition coefficient (Wildman–Crippen LogP) is 7.98. The Balaban J connectivity index is 1.54. The fraction of sp³-hybridized carbons (Fsp3) is 0.265. The molecule has 0 bridgehead atoms. The van der Waals surface area contributed by atoms with Crippen LogP contribution in [0, 0.1) is 5.82 Å². The summed E-state index contributed by atoms with van der Waals surface area (Å²) in [4.78, 5) is 17.6. The number of anilines is 2. The zero-order chi connectivity index (χ0) is 29.1. The third-order valence-corrected chi connectivity index (χ3v) is 7.86. The van der Waals surface area contributed by atoms with Crippen LogP contribution in [0.25, 0.3) is 0 Å². The molecule has 1 unspecified atom stereocenters. The fourth-order valence-electron chi connectivity index (χ4n) is 5.22. The van der Waals surface area contributed by atoms with Crippen LogP contribution in [0.1, 0.15) is 48.6 Å². The standard InChI is InChI=1S/C34H34ClFN2O3/c1-5-22(2)41-32-20-29-25(18-31(32)40-4)19-33(39)38(34(29)23-10-12-26(35)13-11-23)28-16-14-27(15-17-28)37(3)21-24-8-6-7-9-30(24)36/h6-18,20,22,34H,5,19,21H2,1-4H3/t22-,34?/m1/s1. The van der Waals surface area contributed by atoms with E-state index in [1.807, 2.05) is 90.5 Å². The number of hydrogen-bond donors (Lipinski definition) is 0. The van der Waals surface area contributed by atoms with Gasteiger partial charge in [-0.05, 0) is 84.6 Å². The van der Waals surface area contributed by atoms with E-state index in [4.69, 9.17) is 21.1 Å². The van der Waals surface area contributed by atoms with Crippen LogP contribution in [-0.2, 0) is 17.8 Å². The molecule has 0 saturated heterocycles. The molecule has 1 aliphatic heterocycles. The topological polar surface area (TPSA) is 42.0 Å². The Bertz CT molecular complexity index is 1520. The Morgan fingerprint density at radius 1 is 1.02 bits per heavy atom. The highest BCUT2D eigenvalue weighted by molar-refractivity contribution is 6.30. The Hall–Kier alpha value is -4.03. The van der Waals surface area contributed by atoms with Gasteiger partial charge in [-0.1, -0.05) is 48.9 Å². The lowest BCUT2D eigenvalue weighted by molar-refractivity contribution is -0.118. The summed E-state index contributed by atoms with van der Waals surface area (Å²) in [5.74, 6) is 1.01. The van der Waals surface area contributed by atoms with E-state index in [0.717, 1.165) is 34.5 Å². The summed E-state index contributed by atoms with van der Waals surface area (Å²) in [6.45, 7) is 4.52. The Morgan fingerprint density at radius 3 is 2.39 bits per heavy atom. The van der Waals surface area contributed by atoms with Gasteiger partial charge in [-0.3, -0.25) is 4.79 Å². The second-order valence-corrected chi connectivity index (χ2v) is 10.8. The predicted molar refractivity (Wildman–Crippen MR) is 163 cm³/mol. The van der Waals surface area contributed by atoms with Crippen molar-refractivity contribution >= 4 is 28.9 Å².